The molecule has 0 aliphatic rings. The van der Waals surface area contributed by atoms with Crippen LogP contribution in [0.2, 0.25) is 0 Å². The molecule has 0 aromatic carbocycles. The van der Waals surface area contributed by atoms with E-state index in [4.69, 9.17) is 0 Å². The van der Waals surface area contributed by atoms with Crippen molar-refractivity contribution in [1.29, 1.82) is 0 Å². The molecule has 1 aromatic heterocycles. The van der Waals surface area contributed by atoms with Gasteiger partial charge in [0.2, 0.25) is 10.0 Å². The third-order valence-electron chi connectivity index (χ3n) is 1.87. The number of rotatable bonds is 6. The zero-order valence-corrected chi connectivity index (χ0v) is 10.2. The topological polar surface area (TPSA) is 85.4 Å². The maximum absolute atomic E-state index is 11.7. The molecular formula is C10H14N2O4S. The van der Waals surface area contributed by atoms with Crippen LogP contribution in [0.3, 0.4) is 0 Å². The molecule has 1 aromatic rings. The maximum Gasteiger partial charge on any atom is 0.307 e. The molecule has 6 nitrogen and oxygen atoms in total. The Kier molecular flexibility index (Phi) is 5.05. The molecule has 0 aliphatic heterocycles. The number of ether oxygens (including phenoxy) is 1. The molecule has 0 radical (unpaired) electrons. The van der Waals surface area contributed by atoms with E-state index in [-0.39, 0.29) is 24.5 Å². The molecule has 0 atom stereocenters. The highest BCUT2D eigenvalue weighted by Gasteiger charge is 2.13. The van der Waals surface area contributed by atoms with Gasteiger partial charge in [0.15, 0.2) is 0 Å². The van der Waals surface area contributed by atoms with Crippen LogP contribution >= 0.6 is 0 Å². The minimum Gasteiger partial charge on any atom is -0.466 e. The van der Waals surface area contributed by atoms with Gasteiger partial charge in [-0.15, -0.1) is 0 Å². The van der Waals surface area contributed by atoms with Gasteiger partial charge in [0, 0.05) is 18.9 Å². The molecule has 0 saturated carbocycles. The predicted octanol–water partition coefficient (Wildman–Crippen LogP) is 0.313. The molecule has 0 spiro atoms. The highest BCUT2D eigenvalue weighted by Crippen LogP contribution is 2.04. The van der Waals surface area contributed by atoms with Crippen molar-refractivity contribution in [3.63, 3.8) is 0 Å². The van der Waals surface area contributed by atoms with E-state index in [1.807, 2.05) is 0 Å². The SMILES string of the molecule is CCOC(=O)CCNS(=O)(=O)c1cccnc1. The molecule has 0 unspecified atom stereocenters. The Bertz CT molecular complexity index is 458. The van der Waals surface area contributed by atoms with Gasteiger partial charge >= 0.3 is 5.97 Å². The number of aromatic nitrogens is 1. The van der Waals surface area contributed by atoms with Crippen LogP contribution in [-0.2, 0) is 19.6 Å². The van der Waals surface area contributed by atoms with Gasteiger partial charge in [-0.2, -0.15) is 0 Å². The molecule has 0 amide bonds. The highest BCUT2D eigenvalue weighted by molar-refractivity contribution is 7.89. The molecule has 0 bridgehead atoms. The van der Waals surface area contributed by atoms with Gasteiger partial charge in [0.05, 0.1) is 13.0 Å². The predicted molar refractivity (Wildman–Crippen MR) is 60.7 cm³/mol. The lowest BCUT2D eigenvalue weighted by molar-refractivity contribution is -0.142. The van der Waals surface area contributed by atoms with Crippen LogP contribution < -0.4 is 4.72 Å². The third kappa shape index (κ3) is 4.49. The summed E-state index contributed by atoms with van der Waals surface area (Å²) in [5.41, 5.74) is 0. The van der Waals surface area contributed by atoms with E-state index in [9.17, 15) is 13.2 Å². The summed E-state index contributed by atoms with van der Waals surface area (Å²) >= 11 is 0. The van der Waals surface area contributed by atoms with Crippen molar-refractivity contribution in [2.24, 2.45) is 0 Å². The summed E-state index contributed by atoms with van der Waals surface area (Å²) in [6.07, 6.45) is 2.73. The number of carbonyl (C=O) groups is 1. The van der Waals surface area contributed by atoms with Crippen LogP contribution in [0.4, 0.5) is 0 Å². The van der Waals surface area contributed by atoms with Gasteiger partial charge in [-0.1, -0.05) is 0 Å². The van der Waals surface area contributed by atoms with Crippen LogP contribution in [0.15, 0.2) is 29.4 Å². The van der Waals surface area contributed by atoms with E-state index in [2.05, 4.69) is 14.4 Å². The second-order valence-corrected chi connectivity index (χ2v) is 4.91. The van der Waals surface area contributed by atoms with Gasteiger partial charge < -0.3 is 4.74 Å². The van der Waals surface area contributed by atoms with Crippen LogP contribution in [0, 0.1) is 0 Å². The number of esters is 1. The first kappa shape index (κ1) is 13.6. The van der Waals surface area contributed by atoms with E-state index in [1.54, 1.807) is 6.92 Å². The lowest BCUT2D eigenvalue weighted by Gasteiger charge is -2.05. The number of carbonyl (C=O) groups excluding carboxylic acids is 1. The van der Waals surface area contributed by atoms with Crippen molar-refractivity contribution < 1.29 is 17.9 Å². The minimum atomic E-state index is -3.59. The fraction of sp³-hybridized carbons (Fsp3) is 0.400. The lowest BCUT2D eigenvalue weighted by atomic mass is 10.4. The summed E-state index contributed by atoms with van der Waals surface area (Å²) < 4.78 is 30.3. The zero-order chi connectivity index (χ0) is 12.7. The van der Waals surface area contributed by atoms with Crippen LogP contribution in [-0.4, -0.2) is 32.5 Å². The quantitative estimate of drug-likeness (QED) is 0.742. The number of nitrogens with one attached hydrogen (secondary N) is 1. The molecule has 0 saturated heterocycles. The summed E-state index contributed by atoms with van der Waals surface area (Å²) in [6.45, 7) is 1.99. The van der Waals surface area contributed by atoms with Crippen molar-refractivity contribution in [3.8, 4) is 0 Å². The van der Waals surface area contributed by atoms with Gasteiger partial charge in [-0.3, -0.25) is 9.78 Å². The van der Waals surface area contributed by atoms with Crippen molar-refractivity contribution in [2.45, 2.75) is 18.2 Å². The minimum absolute atomic E-state index is 0.00727. The second-order valence-electron chi connectivity index (χ2n) is 3.14. The number of pyridine rings is 1. The molecule has 1 rings (SSSR count). The molecule has 1 heterocycles. The van der Waals surface area contributed by atoms with Crippen molar-refractivity contribution in [3.05, 3.63) is 24.5 Å². The molecule has 7 heteroatoms. The highest BCUT2D eigenvalue weighted by atomic mass is 32.2. The van der Waals surface area contributed by atoms with Gasteiger partial charge in [0.25, 0.3) is 0 Å². The van der Waals surface area contributed by atoms with Crippen molar-refractivity contribution in [2.75, 3.05) is 13.2 Å². The van der Waals surface area contributed by atoms with Gasteiger partial charge in [0.1, 0.15) is 4.90 Å². The molecule has 0 aliphatic carbocycles. The fourth-order valence-corrected chi connectivity index (χ4v) is 2.10. The van der Waals surface area contributed by atoms with E-state index >= 15 is 0 Å². The average Bonchev–Trinajstić information content (AvgIpc) is 2.30. The van der Waals surface area contributed by atoms with Gasteiger partial charge in [-0.25, -0.2) is 13.1 Å². The fourth-order valence-electron chi connectivity index (χ4n) is 1.11. The monoisotopic (exact) mass is 258 g/mol. The summed E-state index contributed by atoms with van der Waals surface area (Å²) in [4.78, 5) is 14.8. The summed E-state index contributed by atoms with van der Waals surface area (Å²) in [5, 5.41) is 0. The Morgan fingerprint density at radius 3 is 2.88 bits per heavy atom. The summed E-state index contributed by atoms with van der Waals surface area (Å²) in [6, 6.07) is 2.96. The molecule has 1 N–H and O–H groups in total. The Hall–Kier alpha value is -1.47. The molecule has 94 valence electrons. The Morgan fingerprint density at radius 1 is 1.53 bits per heavy atom. The van der Waals surface area contributed by atoms with E-state index in [1.165, 1.54) is 24.5 Å². The van der Waals surface area contributed by atoms with Crippen LogP contribution in [0.5, 0.6) is 0 Å². The normalized spacial score (nSPS) is 11.1. The van der Waals surface area contributed by atoms with Crippen molar-refractivity contribution in [1.82, 2.24) is 9.71 Å². The van der Waals surface area contributed by atoms with E-state index in [0.717, 1.165) is 0 Å². The first-order valence-corrected chi connectivity index (χ1v) is 6.60. The standard InChI is InChI=1S/C10H14N2O4S/c1-2-16-10(13)5-7-12-17(14,15)9-4-3-6-11-8-9/h3-4,6,8,12H,2,5,7H2,1H3. The number of nitrogens with zero attached hydrogens (tertiary/aromatic N) is 1. The van der Waals surface area contributed by atoms with E-state index in [0.29, 0.717) is 0 Å². The Balaban J connectivity index is 2.49. The maximum atomic E-state index is 11.7. The van der Waals surface area contributed by atoms with Gasteiger partial charge in [-0.05, 0) is 19.1 Å². The number of sulfonamides is 1. The number of hydrogen-bond acceptors (Lipinski definition) is 5. The third-order valence-corrected chi connectivity index (χ3v) is 3.32. The second kappa shape index (κ2) is 6.31. The van der Waals surface area contributed by atoms with Crippen LogP contribution in [0.25, 0.3) is 0 Å². The summed E-state index contributed by atoms with van der Waals surface area (Å²) in [5.74, 6) is -0.429. The number of hydrogen-bond donors (Lipinski definition) is 1. The lowest BCUT2D eigenvalue weighted by Crippen LogP contribution is -2.26. The van der Waals surface area contributed by atoms with Crippen molar-refractivity contribution >= 4 is 16.0 Å². The molecule has 0 fully saturated rings. The molecule has 17 heavy (non-hydrogen) atoms. The Morgan fingerprint density at radius 2 is 2.29 bits per heavy atom. The van der Waals surface area contributed by atoms with Crippen LogP contribution in [0.1, 0.15) is 13.3 Å². The zero-order valence-electron chi connectivity index (χ0n) is 9.42. The van der Waals surface area contributed by atoms with E-state index < -0.39 is 16.0 Å². The average molecular weight is 258 g/mol. The smallest absolute Gasteiger partial charge is 0.307 e. The molecular weight excluding hydrogens is 244 g/mol. The Labute approximate surface area is 100 Å². The first-order valence-electron chi connectivity index (χ1n) is 5.11. The first-order chi connectivity index (χ1) is 8.06. The largest absolute Gasteiger partial charge is 0.466 e. The summed E-state index contributed by atoms with van der Waals surface area (Å²) in [7, 11) is -3.59.